The summed E-state index contributed by atoms with van der Waals surface area (Å²) in [6, 6.07) is 6.38. The topological polar surface area (TPSA) is 9.23 Å². The predicted molar refractivity (Wildman–Crippen MR) is 84.2 cm³/mol. The third-order valence-corrected chi connectivity index (χ3v) is 3.88. The Kier molecular flexibility index (Phi) is 8.36. The molecule has 0 heterocycles. The fourth-order valence-electron chi connectivity index (χ4n) is 2.76. The Bertz CT molecular complexity index is 398. The monoisotopic (exact) mass is 316 g/mol. The van der Waals surface area contributed by atoms with Crippen molar-refractivity contribution in [1.29, 1.82) is 0 Å². The van der Waals surface area contributed by atoms with Gasteiger partial charge < -0.3 is 4.74 Å². The normalized spacial score (nSPS) is 13.1. The molecule has 0 spiro atoms. The van der Waals surface area contributed by atoms with E-state index in [1.54, 1.807) is 12.1 Å². The van der Waals surface area contributed by atoms with E-state index < -0.39 is 6.36 Å². The zero-order valence-electron chi connectivity index (χ0n) is 13.6. The smallest absolute Gasteiger partial charge is 0.406 e. The van der Waals surface area contributed by atoms with Crippen molar-refractivity contribution in [3.63, 3.8) is 0 Å². The van der Waals surface area contributed by atoms with Gasteiger partial charge in [-0.3, -0.25) is 0 Å². The Morgan fingerprint density at radius 3 is 2.05 bits per heavy atom. The van der Waals surface area contributed by atoms with Crippen molar-refractivity contribution < 1.29 is 17.9 Å². The number of ether oxygens (including phenoxy) is 1. The number of rotatable bonds is 10. The molecule has 0 aromatic heterocycles. The van der Waals surface area contributed by atoms with Crippen LogP contribution in [0.15, 0.2) is 24.3 Å². The molecular weight excluding hydrogens is 289 g/mol. The van der Waals surface area contributed by atoms with Crippen molar-refractivity contribution in [3.8, 4) is 5.75 Å². The summed E-state index contributed by atoms with van der Waals surface area (Å²) in [5, 5.41) is 0. The maximum Gasteiger partial charge on any atom is 0.573 e. The van der Waals surface area contributed by atoms with Gasteiger partial charge in [0.05, 0.1) is 0 Å². The van der Waals surface area contributed by atoms with Crippen molar-refractivity contribution in [2.45, 2.75) is 77.5 Å². The summed E-state index contributed by atoms with van der Waals surface area (Å²) in [5.41, 5.74) is 1.12. The van der Waals surface area contributed by atoms with Gasteiger partial charge in [-0.1, -0.05) is 64.5 Å². The molecule has 0 bridgehead atoms. The highest BCUT2D eigenvalue weighted by atomic mass is 19.4. The summed E-state index contributed by atoms with van der Waals surface area (Å²) in [6.45, 7) is 4.34. The van der Waals surface area contributed by atoms with Crippen LogP contribution in [0.4, 0.5) is 13.2 Å². The van der Waals surface area contributed by atoms with E-state index in [0.29, 0.717) is 5.92 Å². The molecule has 1 atom stereocenters. The molecule has 0 aliphatic carbocycles. The molecule has 1 unspecified atom stereocenters. The van der Waals surface area contributed by atoms with Crippen molar-refractivity contribution in [2.75, 3.05) is 0 Å². The second kappa shape index (κ2) is 9.75. The third-order valence-electron chi connectivity index (χ3n) is 3.88. The second-order valence-electron chi connectivity index (χ2n) is 5.81. The van der Waals surface area contributed by atoms with Gasteiger partial charge >= 0.3 is 6.36 Å². The van der Waals surface area contributed by atoms with Crippen molar-refractivity contribution in [1.82, 2.24) is 0 Å². The van der Waals surface area contributed by atoms with Gasteiger partial charge in [0, 0.05) is 0 Å². The number of benzene rings is 1. The van der Waals surface area contributed by atoms with Crippen molar-refractivity contribution in [3.05, 3.63) is 29.8 Å². The minimum Gasteiger partial charge on any atom is -0.406 e. The Hall–Kier alpha value is -1.19. The first-order chi connectivity index (χ1) is 10.5. The molecule has 1 rings (SSSR count). The van der Waals surface area contributed by atoms with Gasteiger partial charge in [-0.05, 0) is 36.5 Å². The molecule has 22 heavy (non-hydrogen) atoms. The Morgan fingerprint density at radius 2 is 1.50 bits per heavy atom. The molecule has 1 aromatic rings. The van der Waals surface area contributed by atoms with Gasteiger partial charge in [0.25, 0.3) is 0 Å². The molecule has 0 amide bonds. The van der Waals surface area contributed by atoms with Crippen LogP contribution in [0.3, 0.4) is 0 Å². The van der Waals surface area contributed by atoms with E-state index >= 15 is 0 Å². The zero-order valence-corrected chi connectivity index (χ0v) is 13.6. The predicted octanol–water partition coefficient (Wildman–Crippen LogP) is 6.83. The molecule has 4 heteroatoms. The molecule has 0 saturated heterocycles. The van der Waals surface area contributed by atoms with Crippen LogP contribution in [-0.2, 0) is 0 Å². The van der Waals surface area contributed by atoms with E-state index in [9.17, 15) is 13.2 Å². The zero-order chi connectivity index (χ0) is 16.4. The summed E-state index contributed by atoms with van der Waals surface area (Å²) in [7, 11) is 0. The van der Waals surface area contributed by atoms with Crippen LogP contribution >= 0.6 is 0 Å². The number of hydrogen-bond acceptors (Lipinski definition) is 1. The first kappa shape index (κ1) is 18.9. The Morgan fingerprint density at radius 1 is 0.864 bits per heavy atom. The summed E-state index contributed by atoms with van der Waals surface area (Å²) in [5.74, 6) is 0.293. The lowest BCUT2D eigenvalue weighted by Crippen LogP contribution is -2.17. The van der Waals surface area contributed by atoms with E-state index in [1.807, 2.05) is 0 Å². The minimum atomic E-state index is -4.62. The van der Waals surface area contributed by atoms with E-state index in [0.717, 1.165) is 24.8 Å². The molecule has 0 fully saturated rings. The maximum absolute atomic E-state index is 12.2. The lowest BCUT2D eigenvalue weighted by atomic mass is 9.89. The average Bonchev–Trinajstić information content (AvgIpc) is 2.45. The quantitative estimate of drug-likeness (QED) is 0.430. The van der Waals surface area contributed by atoms with E-state index in [-0.39, 0.29) is 5.75 Å². The highest BCUT2D eigenvalue weighted by Crippen LogP contribution is 2.30. The molecular formula is C18H27F3O. The van der Waals surface area contributed by atoms with Crippen LogP contribution in [0, 0.1) is 0 Å². The largest absolute Gasteiger partial charge is 0.573 e. The average molecular weight is 316 g/mol. The van der Waals surface area contributed by atoms with Crippen molar-refractivity contribution >= 4 is 0 Å². The van der Waals surface area contributed by atoms with E-state index in [1.165, 1.54) is 44.2 Å². The maximum atomic E-state index is 12.2. The second-order valence-corrected chi connectivity index (χ2v) is 5.81. The highest BCUT2D eigenvalue weighted by Gasteiger charge is 2.31. The SMILES string of the molecule is CCCCCCCC(CCC)c1ccc(OC(F)(F)F)cc1. The van der Waals surface area contributed by atoms with Crippen LogP contribution in [0.5, 0.6) is 5.75 Å². The number of alkyl halides is 3. The summed E-state index contributed by atoms with van der Waals surface area (Å²) in [4.78, 5) is 0. The number of unbranched alkanes of at least 4 members (excludes halogenated alkanes) is 4. The standard InChI is InChI=1S/C18H27F3O/c1-3-5-6-7-8-10-15(9-4-2)16-11-13-17(14-12-16)22-18(19,20)21/h11-15H,3-10H2,1-2H3. The van der Waals surface area contributed by atoms with Crippen LogP contribution in [-0.4, -0.2) is 6.36 Å². The third kappa shape index (κ3) is 7.71. The molecule has 0 saturated carbocycles. The van der Waals surface area contributed by atoms with Crippen LogP contribution in [0.1, 0.15) is 76.7 Å². The van der Waals surface area contributed by atoms with Gasteiger partial charge in [-0.25, -0.2) is 0 Å². The molecule has 0 aliphatic heterocycles. The van der Waals surface area contributed by atoms with E-state index in [2.05, 4.69) is 18.6 Å². The molecule has 126 valence electrons. The minimum absolute atomic E-state index is 0.144. The fraction of sp³-hybridized carbons (Fsp3) is 0.667. The summed E-state index contributed by atoms with van der Waals surface area (Å²) >= 11 is 0. The van der Waals surface area contributed by atoms with Gasteiger partial charge in [0.1, 0.15) is 5.75 Å². The molecule has 0 radical (unpaired) electrons. The summed E-state index contributed by atoms with van der Waals surface area (Å²) < 4.78 is 40.4. The lowest BCUT2D eigenvalue weighted by molar-refractivity contribution is -0.274. The first-order valence-electron chi connectivity index (χ1n) is 8.32. The highest BCUT2D eigenvalue weighted by molar-refractivity contribution is 5.29. The number of hydrogen-bond donors (Lipinski definition) is 0. The Balaban J connectivity index is 2.55. The molecule has 1 aromatic carbocycles. The number of halogens is 3. The summed E-state index contributed by atoms with van der Waals surface area (Å²) in [6.07, 6.45) is 4.86. The van der Waals surface area contributed by atoms with Crippen LogP contribution < -0.4 is 4.74 Å². The molecule has 0 N–H and O–H groups in total. The lowest BCUT2D eigenvalue weighted by Gasteiger charge is -2.17. The Labute approximate surface area is 131 Å². The van der Waals surface area contributed by atoms with Crippen LogP contribution in [0.25, 0.3) is 0 Å². The van der Waals surface area contributed by atoms with Gasteiger partial charge in [-0.2, -0.15) is 0 Å². The van der Waals surface area contributed by atoms with Crippen LogP contribution in [0.2, 0.25) is 0 Å². The fourth-order valence-corrected chi connectivity index (χ4v) is 2.76. The van der Waals surface area contributed by atoms with Gasteiger partial charge in [0.2, 0.25) is 0 Å². The molecule has 1 nitrogen and oxygen atoms in total. The van der Waals surface area contributed by atoms with Crippen molar-refractivity contribution in [2.24, 2.45) is 0 Å². The van der Waals surface area contributed by atoms with Gasteiger partial charge in [0.15, 0.2) is 0 Å². The van der Waals surface area contributed by atoms with Gasteiger partial charge in [-0.15, -0.1) is 13.2 Å². The molecule has 0 aliphatic rings. The van der Waals surface area contributed by atoms with E-state index in [4.69, 9.17) is 0 Å². The first-order valence-corrected chi connectivity index (χ1v) is 8.32.